The van der Waals surface area contributed by atoms with Crippen LogP contribution in [0.4, 0.5) is 0 Å². The van der Waals surface area contributed by atoms with Gasteiger partial charge >= 0.3 is 29.6 Å². The van der Waals surface area contributed by atoms with Gasteiger partial charge in [0.15, 0.2) is 0 Å². The van der Waals surface area contributed by atoms with Crippen LogP contribution >= 0.6 is 0 Å². The molecule has 0 atom stereocenters. The predicted octanol–water partition coefficient (Wildman–Crippen LogP) is -1.21. The van der Waals surface area contributed by atoms with Crippen LogP contribution in [0.3, 0.4) is 0 Å². The Bertz CT molecular complexity index is 293. The third kappa shape index (κ3) is 5.36. The van der Waals surface area contributed by atoms with E-state index in [2.05, 4.69) is 6.92 Å². The van der Waals surface area contributed by atoms with Crippen LogP contribution in [0, 0.1) is 0 Å². The zero-order chi connectivity index (χ0) is 10.4. The van der Waals surface area contributed by atoms with Gasteiger partial charge < -0.3 is 9.90 Å². The number of carboxylic acid groups (broad SMARTS) is 1. The molecule has 0 radical (unpaired) electrons. The summed E-state index contributed by atoms with van der Waals surface area (Å²) < 4.78 is 0. The summed E-state index contributed by atoms with van der Waals surface area (Å²) in [5.74, 6) is -1.11. The van der Waals surface area contributed by atoms with Gasteiger partial charge in [0.05, 0.1) is 5.97 Å². The van der Waals surface area contributed by atoms with Crippen LogP contribution in [0.5, 0.6) is 0 Å². The van der Waals surface area contributed by atoms with Gasteiger partial charge in [0.1, 0.15) is 0 Å². The Labute approximate surface area is 113 Å². The van der Waals surface area contributed by atoms with Crippen LogP contribution in [-0.4, -0.2) is 5.97 Å². The van der Waals surface area contributed by atoms with Gasteiger partial charge in [-0.05, 0) is 24.0 Å². The van der Waals surface area contributed by atoms with Crippen LogP contribution < -0.4 is 34.7 Å². The quantitative estimate of drug-likeness (QED) is 0.455. The van der Waals surface area contributed by atoms with E-state index in [4.69, 9.17) is 0 Å². The fourth-order valence-corrected chi connectivity index (χ4v) is 1.39. The molecule has 1 aromatic rings. The Balaban J connectivity index is 0.00000196. The number of hydrogen-bond donors (Lipinski definition) is 0. The molecule has 76 valence electrons. The Morgan fingerprint density at radius 2 is 1.80 bits per heavy atom. The van der Waals surface area contributed by atoms with Gasteiger partial charge in [0.2, 0.25) is 0 Å². The molecule has 0 spiro atoms. The van der Waals surface area contributed by atoms with Crippen molar-refractivity contribution in [3.05, 3.63) is 35.4 Å². The summed E-state index contributed by atoms with van der Waals surface area (Å²) in [6, 6.07) is 6.94. The number of carbonyl (C=O) groups is 1. The van der Waals surface area contributed by atoms with Crippen LogP contribution in [0.1, 0.15) is 42.1 Å². The number of rotatable bonds is 5. The van der Waals surface area contributed by atoms with Gasteiger partial charge in [-0.2, -0.15) is 0 Å². The average molecular weight is 214 g/mol. The molecule has 1 aromatic carbocycles. The number of carbonyl (C=O) groups excluding carboxylic acids is 1. The van der Waals surface area contributed by atoms with Gasteiger partial charge in [0.25, 0.3) is 0 Å². The summed E-state index contributed by atoms with van der Waals surface area (Å²) in [5.41, 5.74) is 1.45. The second kappa shape index (κ2) is 7.91. The minimum atomic E-state index is -1.11. The summed E-state index contributed by atoms with van der Waals surface area (Å²) in [7, 11) is 0. The largest absolute Gasteiger partial charge is 1.00 e. The molecular weight excluding hydrogens is 199 g/mol. The van der Waals surface area contributed by atoms with E-state index in [1.54, 1.807) is 12.1 Å². The zero-order valence-electron chi connectivity index (χ0n) is 9.45. The van der Waals surface area contributed by atoms with Crippen LogP contribution in [0.25, 0.3) is 0 Å². The zero-order valence-corrected chi connectivity index (χ0v) is 11.5. The maximum Gasteiger partial charge on any atom is 1.00 e. The monoisotopic (exact) mass is 214 g/mol. The van der Waals surface area contributed by atoms with Gasteiger partial charge in [0, 0.05) is 0 Å². The van der Waals surface area contributed by atoms with Crippen LogP contribution in [0.2, 0.25) is 0 Å². The number of carboxylic acids is 1. The number of aromatic carboxylic acids is 1. The first-order valence-corrected chi connectivity index (χ1v) is 5.04. The minimum absolute atomic E-state index is 0. The molecule has 0 heterocycles. The van der Waals surface area contributed by atoms with Crippen molar-refractivity contribution in [1.29, 1.82) is 0 Å². The van der Waals surface area contributed by atoms with Crippen molar-refractivity contribution in [2.45, 2.75) is 32.6 Å². The summed E-state index contributed by atoms with van der Waals surface area (Å²) in [4.78, 5) is 10.5. The Morgan fingerprint density at radius 3 is 2.27 bits per heavy atom. The van der Waals surface area contributed by atoms with E-state index in [-0.39, 0.29) is 35.1 Å². The van der Waals surface area contributed by atoms with E-state index in [9.17, 15) is 9.90 Å². The standard InChI is InChI=1S/C12H16O2.Na/c1-2-3-4-5-10-6-8-11(9-7-10)12(13)14;/h6-9H,2-5H2,1H3,(H,13,14);/q;+1/p-1. The molecule has 15 heavy (non-hydrogen) atoms. The second-order valence-corrected chi connectivity index (χ2v) is 3.44. The molecule has 1 rings (SSSR count). The van der Waals surface area contributed by atoms with Crippen LogP contribution in [-0.2, 0) is 6.42 Å². The first-order chi connectivity index (χ1) is 6.74. The summed E-state index contributed by atoms with van der Waals surface area (Å²) in [6.07, 6.45) is 4.63. The SMILES string of the molecule is CCCCCc1ccc(C(=O)[O-])cc1.[Na+]. The number of hydrogen-bond acceptors (Lipinski definition) is 2. The summed E-state index contributed by atoms with van der Waals surface area (Å²) in [5, 5.41) is 10.5. The average Bonchev–Trinajstić information content (AvgIpc) is 2.19. The van der Waals surface area contributed by atoms with Crippen molar-refractivity contribution in [3.63, 3.8) is 0 Å². The summed E-state index contributed by atoms with van der Waals surface area (Å²) >= 11 is 0. The van der Waals surface area contributed by atoms with E-state index < -0.39 is 5.97 Å². The van der Waals surface area contributed by atoms with Crippen molar-refractivity contribution in [2.75, 3.05) is 0 Å². The maximum atomic E-state index is 10.5. The van der Waals surface area contributed by atoms with E-state index in [1.165, 1.54) is 24.8 Å². The Hall–Kier alpha value is -0.310. The van der Waals surface area contributed by atoms with Crippen molar-refractivity contribution < 1.29 is 39.5 Å². The molecule has 2 nitrogen and oxygen atoms in total. The van der Waals surface area contributed by atoms with Gasteiger partial charge in [-0.25, -0.2) is 0 Å². The first kappa shape index (κ1) is 14.7. The van der Waals surface area contributed by atoms with E-state index in [0.717, 1.165) is 6.42 Å². The van der Waals surface area contributed by atoms with Crippen molar-refractivity contribution in [1.82, 2.24) is 0 Å². The molecule has 0 saturated heterocycles. The molecular formula is C12H15NaO2. The maximum absolute atomic E-state index is 10.5. The first-order valence-electron chi connectivity index (χ1n) is 5.04. The molecule has 0 fully saturated rings. The molecule has 0 aromatic heterocycles. The normalized spacial score (nSPS) is 9.40. The number of aryl methyl sites for hydroxylation is 1. The van der Waals surface area contributed by atoms with Crippen molar-refractivity contribution in [2.24, 2.45) is 0 Å². The third-order valence-corrected chi connectivity index (χ3v) is 2.26. The Kier molecular flexibility index (Phi) is 7.75. The molecule has 3 heteroatoms. The van der Waals surface area contributed by atoms with E-state index >= 15 is 0 Å². The minimum Gasteiger partial charge on any atom is -0.545 e. The Morgan fingerprint density at radius 1 is 1.20 bits per heavy atom. The predicted molar refractivity (Wildman–Crippen MR) is 54.0 cm³/mol. The molecule has 0 saturated carbocycles. The van der Waals surface area contributed by atoms with Crippen LogP contribution in [0.15, 0.2) is 24.3 Å². The summed E-state index contributed by atoms with van der Waals surface area (Å²) in [6.45, 7) is 2.17. The van der Waals surface area contributed by atoms with Crippen molar-refractivity contribution >= 4 is 5.97 Å². The second-order valence-electron chi connectivity index (χ2n) is 3.44. The molecule has 0 aliphatic heterocycles. The molecule has 0 N–H and O–H groups in total. The van der Waals surface area contributed by atoms with Gasteiger partial charge in [-0.1, -0.05) is 44.0 Å². The fourth-order valence-electron chi connectivity index (χ4n) is 1.39. The van der Waals surface area contributed by atoms with Gasteiger partial charge in [-0.15, -0.1) is 0 Å². The van der Waals surface area contributed by atoms with E-state index in [0.29, 0.717) is 0 Å². The molecule has 0 aliphatic carbocycles. The number of unbranched alkanes of at least 4 members (excludes halogenated alkanes) is 2. The van der Waals surface area contributed by atoms with Gasteiger partial charge in [-0.3, -0.25) is 0 Å². The third-order valence-electron chi connectivity index (χ3n) is 2.26. The smallest absolute Gasteiger partial charge is 0.545 e. The molecule has 0 unspecified atom stereocenters. The molecule has 0 aliphatic rings. The molecule has 0 amide bonds. The van der Waals surface area contributed by atoms with E-state index in [1.807, 2.05) is 12.1 Å². The number of benzene rings is 1. The van der Waals surface area contributed by atoms with Crippen molar-refractivity contribution in [3.8, 4) is 0 Å². The topological polar surface area (TPSA) is 40.1 Å². The fraction of sp³-hybridized carbons (Fsp3) is 0.417. The molecule has 0 bridgehead atoms.